The maximum Gasteiger partial charge on any atom is 0.328 e. The Morgan fingerprint density at radius 3 is 2.50 bits per heavy atom. The number of nitrogens with two attached hydrogens (primary N) is 1. The van der Waals surface area contributed by atoms with Crippen LogP contribution in [0.5, 0.6) is 0 Å². The van der Waals surface area contributed by atoms with Gasteiger partial charge in [-0.15, -0.1) is 0 Å². The molecule has 1 aromatic rings. The van der Waals surface area contributed by atoms with Crippen molar-refractivity contribution in [1.29, 1.82) is 0 Å². The second kappa shape index (κ2) is 5.66. The highest BCUT2D eigenvalue weighted by Gasteiger charge is 2.08. The fourth-order valence-corrected chi connectivity index (χ4v) is 1.13. The van der Waals surface area contributed by atoms with Crippen LogP contribution in [0.25, 0.3) is 0 Å². The lowest BCUT2D eigenvalue weighted by atomic mass is 10.3. The van der Waals surface area contributed by atoms with Crippen LogP contribution < -0.4 is 27.6 Å². The molecule has 1 aromatic heterocycles. The number of amides is 3. The standard InChI is InChI=1S/C9H13N5O4/c1-14-6(15)4-5(13-9(14)18)7(16)11-2-3-12-8(10)17/h4H,2-3H2,1H3,(H,11,16)(H,13,18)(H3,10,12,17). The zero-order chi connectivity index (χ0) is 13.7. The first-order valence-corrected chi connectivity index (χ1v) is 5.03. The monoisotopic (exact) mass is 255 g/mol. The van der Waals surface area contributed by atoms with E-state index in [1.165, 1.54) is 7.05 Å². The predicted octanol–water partition coefficient (Wildman–Crippen LogP) is -2.53. The number of urea groups is 1. The van der Waals surface area contributed by atoms with Crippen molar-refractivity contribution in [3.8, 4) is 0 Å². The molecule has 0 atom stereocenters. The molecule has 0 saturated heterocycles. The zero-order valence-corrected chi connectivity index (χ0v) is 9.65. The Balaban J connectivity index is 2.65. The fraction of sp³-hybridized carbons (Fsp3) is 0.333. The van der Waals surface area contributed by atoms with Crippen molar-refractivity contribution in [2.24, 2.45) is 12.8 Å². The Morgan fingerprint density at radius 1 is 1.33 bits per heavy atom. The number of hydrogen-bond acceptors (Lipinski definition) is 4. The Bertz CT molecular complexity index is 542. The lowest BCUT2D eigenvalue weighted by molar-refractivity contribution is 0.0948. The first kappa shape index (κ1) is 13.5. The summed E-state index contributed by atoms with van der Waals surface area (Å²) in [6.45, 7) is 0.273. The van der Waals surface area contributed by atoms with E-state index in [2.05, 4.69) is 15.6 Å². The van der Waals surface area contributed by atoms with Gasteiger partial charge in [0, 0.05) is 26.2 Å². The van der Waals surface area contributed by atoms with Crippen LogP contribution in [0.1, 0.15) is 10.5 Å². The third kappa shape index (κ3) is 3.47. The lowest BCUT2D eigenvalue weighted by Crippen LogP contribution is -2.39. The molecule has 3 amide bonds. The summed E-state index contributed by atoms with van der Waals surface area (Å²) >= 11 is 0. The van der Waals surface area contributed by atoms with E-state index in [0.717, 1.165) is 10.6 Å². The molecule has 0 aliphatic carbocycles. The van der Waals surface area contributed by atoms with Crippen molar-refractivity contribution in [2.45, 2.75) is 0 Å². The van der Waals surface area contributed by atoms with Crippen LogP contribution in [-0.2, 0) is 7.05 Å². The third-order valence-corrected chi connectivity index (χ3v) is 2.10. The van der Waals surface area contributed by atoms with Crippen LogP contribution in [0.15, 0.2) is 15.7 Å². The van der Waals surface area contributed by atoms with E-state index < -0.39 is 23.2 Å². The first-order chi connectivity index (χ1) is 8.41. The number of carbonyl (C=O) groups is 2. The van der Waals surface area contributed by atoms with Gasteiger partial charge in [0.2, 0.25) is 0 Å². The van der Waals surface area contributed by atoms with Gasteiger partial charge in [-0.2, -0.15) is 0 Å². The summed E-state index contributed by atoms with van der Waals surface area (Å²) in [4.78, 5) is 46.6. The Hall–Kier alpha value is -2.58. The molecule has 0 aromatic carbocycles. The van der Waals surface area contributed by atoms with Gasteiger partial charge in [-0.3, -0.25) is 14.2 Å². The van der Waals surface area contributed by atoms with Gasteiger partial charge in [-0.1, -0.05) is 0 Å². The fourth-order valence-electron chi connectivity index (χ4n) is 1.13. The van der Waals surface area contributed by atoms with Crippen molar-refractivity contribution < 1.29 is 9.59 Å². The maximum absolute atomic E-state index is 11.5. The highest BCUT2D eigenvalue weighted by Crippen LogP contribution is 1.84. The molecule has 5 N–H and O–H groups in total. The molecule has 0 spiro atoms. The minimum atomic E-state index is -0.703. The van der Waals surface area contributed by atoms with Crippen LogP contribution >= 0.6 is 0 Å². The quantitative estimate of drug-likeness (QED) is 0.440. The summed E-state index contributed by atoms with van der Waals surface area (Å²) in [6, 6.07) is 0.310. The SMILES string of the molecule is Cn1c(=O)cc(C(=O)NCCNC(N)=O)[nH]c1=O. The largest absolute Gasteiger partial charge is 0.352 e. The van der Waals surface area contributed by atoms with Crippen molar-refractivity contribution in [1.82, 2.24) is 20.2 Å². The second-order valence-corrected chi connectivity index (χ2v) is 3.43. The number of hydrogen-bond donors (Lipinski definition) is 4. The number of carbonyl (C=O) groups excluding carboxylic acids is 2. The number of H-pyrrole nitrogens is 1. The lowest BCUT2D eigenvalue weighted by Gasteiger charge is -2.05. The van der Waals surface area contributed by atoms with Crippen molar-refractivity contribution in [2.75, 3.05) is 13.1 Å². The van der Waals surface area contributed by atoms with Gasteiger partial charge in [0.25, 0.3) is 11.5 Å². The number of nitrogens with one attached hydrogen (secondary N) is 3. The minimum Gasteiger partial charge on any atom is -0.352 e. The van der Waals surface area contributed by atoms with Crippen LogP contribution in [0.4, 0.5) is 4.79 Å². The molecule has 0 fully saturated rings. The molecule has 0 unspecified atom stereocenters. The summed E-state index contributed by atoms with van der Waals surface area (Å²) in [7, 11) is 1.29. The number of primary amides is 1. The van der Waals surface area contributed by atoms with Gasteiger partial charge in [-0.05, 0) is 0 Å². The molecule has 1 heterocycles. The van der Waals surface area contributed by atoms with Gasteiger partial charge in [0.15, 0.2) is 0 Å². The van der Waals surface area contributed by atoms with E-state index >= 15 is 0 Å². The number of nitrogens with zero attached hydrogens (tertiary/aromatic N) is 1. The molecule has 0 bridgehead atoms. The summed E-state index contributed by atoms with van der Waals surface area (Å²) in [6.07, 6.45) is 0. The smallest absolute Gasteiger partial charge is 0.328 e. The molecule has 9 nitrogen and oxygen atoms in total. The second-order valence-electron chi connectivity index (χ2n) is 3.43. The summed E-state index contributed by atoms with van der Waals surface area (Å²) < 4.78 is 0.839. The molecule has 18 heavy (non-hydrogen) atoms. The number of aromatic nitrogens is 2. The van der Waals surface area contributed by atoms with Crippen LogP contribution in [0.3, 0.4) is 0 Å². The molecular formula is C9H13N5O4. The maximum atomic E-state index is 11.5. The van der Waals surface area contributed by atoms with Crippen molar-refractivity contribution in [3.63, 3.8) is 0 Å². The Kier molecular flexibility index (Phi) is 4.24. The van der Waals surface area contributed by atoms with E-state index in [1.54, 1.807) is 0 Å². The molecule has 1 rings (SSSR count). The molecule has 9 heteroatoms. The van der Waals surface area contributed by atoms with E-state index in [4.69, 9.17) is 5.73 Å². The summed E-state index contributed by atoms with van der Waals surface area (Å²) in [5, 5.41) is 4.67. The normalized spacial score (nSPS) is 9.83. The van der Waals surface area contributed by atoms with Crippen LogP contribution in [0.2, 0.25) is 0 Å². The topological polar surface area (TPSA) is 139 Å². The average Bonchev–Trinajstić information content (AvgIpc) is 2.30. The number of rotatable bonds is 4. The first-order valence-electron chi connectivity index (χ1n) is 5.03. The predicted molar refractivity (Wildman–Crippen MR) is 62.2 cm³/mol. The summed E-state index contributed by atoms with van der Waals surface area (Å²) in [5.41, 5.74) is 3.42. The summed E-state index contributed by atoms with van der Waals surface area (Å²) in [5.74, 6) is -0.615. The van der Waals surface area contributed by atoms with E-state index in [0.29, 0.717) is 0 Å². The van der Waals surface area contributed by atoms with Gasteiger partial charge in [-0.25, -0.2) is 9.59 Å². The molecule has 0 saturated carbocycles. The molecule has 98 valence electrons. The van der Waals surface area contributed by atoms with Crippen molar-refractivity contribution in [3.05, 3.63) is 32.6 Å². The number of aromatic amines is 1. The molecule has 0 aliphatic heterocycles. The molecule has 0 aliphatic rings. The average molecular weight is 255 g/mol. The van der Waals surface area contributed by atoms with Crippen LogP contribution in [0, 0.1) is 0 Å². The molecule has 0 radical (unpaired) electrons. The van der Waals surface area contributed by atoms with E-state index in [-0.39, 0.29) is 18.8 Å². The zero-order valence-electron chi connectivity index (χ0n) is 9.65. The third-order valence-electron chi connectivity index (χ3n) is 2.10. The van der Waals surface area contributed by atoms with E-state index in [9.17, 15) is 19.2 Å². The van der Waals surface area contributed by atoms with E-state index in [1.807, 2.05) is 0 Å². The van der Waals surface area contributed by atoms with Gasteiger partial charge >= 0.3 is 11.7 Å². The van der Waals surface area contributed by atoms with Gasteiger partial charge in [0.1, 0.15) is 5.69 Å². The van der Waals surface area contributed by atoms with Crippen LogP contribution in [-0.4, -0.2) is 34.6 Å². The highest BCUT2D eigenvalue weighted by atomic mass is 16.2. The van der Waals surface area contributed by atoms with Gasteiger partial charge < -0.3 is 21.4 Å². The highest BCUT2D eigenvalue weighted by molar-refractivity contribution is 5.92. The minimum absolute atomic E-state index is 0.124. The van der Waals surface area contributed by atoms with Crippen molar-refractivity contribution >= 4 is 11.9 Å². The molecular weight excluding hydrogens is 242 g/mol. The Labute approximate surface area is 101 Å². The Morgan fingerprint density at radius 2 is 1.94 bits per heavy atom. The van der Waals surface area contributed by atoms with Gasteiger partial charge in [0.05, 0.1) is 0 Å².